The number of carbonyl (C=O) groups excluding carboxylic acids is 1. The Kier molecular flexibility index (Phi) is 7.71. The van der Waals surface area contributed by atoms with Gasteiger partial charge in [-0.15, -0.1) is 0 Å². The number of hydrogen-bond acceptors (Lipinski definition) is 6. The second-order valence-electron chi connectivity index (χ2n) is 8.89. The van der Waals surface area contributed by atoms with E-state index >= 15 is 0 Å². The van der Waals surface area contributed by atoms with Gasteiger partial charge in [0.1, 0.15) is 11.6 Å². The smallest absolute Gasteiger partial charge is 0.254 e. The van der Waals surface area contributed by atoms with Crippen LogP contribution in [0.15, 0.2) is 30.5 Å². The van der Waals surface area contributed by atoms with Gasteiger partial charge in [0.25, 0.3) is 5.91 Å². The fraction of sp³-hybridized carbons (Fsp3) is 0.560. The van der Waals surface area contributed by atoms with Crippen molar-refractivity contribution in [3.8, 4) is 5.75 Å². The molecular formula is C25H35N5O2. The highest BCUT2D eigenvalue weighted by molar-refractivity contribution is 5.94. The van der Waals surface area contributed by atoms with Crippen molar-refractivity contribution in [2.45, 2.75) is 45.1 Å². The minimum atomic E-state index is -0.156. The Hall–Kier alpha value is -2.51. The minimum Gasteiger partial charge on any atom is -0.496 e. The molecule has 3 heterocycles. The largest absolute Gasteiger partial charge is 0.496 e. The van der Waals surface area contributed by atoms with Gasteiger partial charge in [-0.25, -0.2) is 9.97 Å². The summed E-state index contributed by atoms with van der Waals surface area (Å²) in [5, 5.41) is 2.96. The van der Waals surface area contributed by atoms with Gasteiger partial charge in [-0.2, -0.15) is 0 Å². The quantitative estimate of drug-likeness (QED) is 0.685. The molecule has 2 fully saturated rings. The third-order valence-electron chi connectivity index (χ3n) is 6.76. The van der Waals surface area contributed by atoms with Gasteiger partial charge in [0, 0.05) is 37.3 Å². The van der Waals surface area contributed by atoms with Crippen molar-refractivity contribution in [2.75, 3.05) is 46.4 Å². The summed E-state index contributed by atoms with van der Waals surface area (Å²) in [6.45, 7) is 9.39. The summed E-state index contributed by atoms with van der Waals surface area (Å²) in [5.74, 6) is 1.87. The van der Waals surface area contributed by atoms with Gasteiger partial charge in [-0.1, -0.05) is 18.2 Å². The van der Waals surface area contributed by atoms with Crippen LogP contribution in [-0.2, 0) is 6.54 Å². The molecule has 2 saturated heterocycles. The topological polar surface area (TPSA) is 70.6 Å². The Bertz CT molecular complexity index is 905. The van der Waals surface area contributed by atoms with Crippen molar-refractivity contribution in [2.24, 2.45) is 0 Å². The zero-order chi connectivity index (χ0) is 22.3. The van der Waals surface area contributed by atoms with E-state index in [9.17, 15) is 4.79 Å². The lowest BCUT2D eigenvalue weighted by Gasteiger charge is -2.32. The molecule has 7 nitrogen and oxygen atoms in total. The lowest BCUT2D eigenvalue weighted by molar-refractivity contribution is 0.0949. The van der Waals surface area contributed by atoms with E-state index in [0.717, 1.165) is 55.3 Å². The third-order valence-corrected chi connectivity index (χ3v) is 6.76. The van der Waals surface area contributed by atoms with E-state index in [-0.39, 0.29) is 5.91 Å². The number of aromatic nitrogens is 2. The number of hydrogen-bond donors (Lipinski definition) is 1. The molecule has 0 saturated carbocycles. The van der Waals surface area contributed by atoms with Gasteiger partial charge in [0.2, 0.25) is 0 Å². The standard InChI is InChI=1S/C25H35N5O2/c1-19-22(25(31)27-17-21-7-3-4-8-23(21)32-2)18-26-24(28-19)20-9-13-30(14-10-20)16-15-29-11-5-6-12-29/h3-4,7-8,18,20H,5-6,9-17H2,1-2H3,(H,27,31). The first-order chi connectivity index (χ1) is 15.6. The molecule has 0 bridgehead atoms. The van der Waals surface area contributed by atoms with Crippen molar-refractivity contribution < 1.29 is 9.53 Å². The van der Waals surface area contributed by atoms with E-state index in [1.54, 1.807) is 13.3 Å². The molecule has 2 aliphatic rings. The van der Waals surface area contributed by atoms with E-state index in [2.05, 4.69) is 20.1 Å². The normalized spacial score (nSPS) is 18.1. The summed E-state index contributed by atoms with van der Waals surface area (Å²) in [6, 6.07) is 7.69. The van der Waals surface area contributed by atoms with E-state index in [4.69, 9.17) is 9.72 Å². The average Bonchev–Trinajstić information content (AvgIpc) is 3.35. The molecule has 1 aromatic carbocycles. The number of ether oxygens (including phenoxy) is 1. The molecule has 0 radical (unpaired) electrons. The Morgan fingerprint density at radius 1 is 1.09 bits per heavy atom. The number of para-hydroxylation sites is 1. The van der Waals surface area contributed by atoms with E-state index < -0.39 is 0 Å². The third kappa shape index (κ3) is 5.64. The second-order valence-corrected chi connectivity index (χ2v) is 8.89. The molecule has 0 unspecified atom stereocenters. The first kappa shape index (κ1) is 22.7. The van der Waals surface area contributed by atoms with E-state index in [1.165, 1.54) is 32.5 Å². The molecule has 2 aliphatic heterocycles. The lowest BCUT2D eigenvalue weighted by atomic mass is 9.95. The fourth-order valence-corrected chi connectivity index (χ4v) is 4.73. The molecule has 1 amide bonds. The number of nitrogens with one attached hydrogen (secondary N) is 1. The molecular weight excluding hydrogens is 402 g/mol. The predicted molar refractivity (Wildman–Crippen MR) is 125 cm³/mol. The molecule has 7 heteroatoms. The van der Waals surface area contributed by atoms with Crippen LogP contribution < -0.4 is 10.1 Å². The number of piperidine rings is 1. The van der Waals surface area contributed by atoms with Crippen LogP contribution in [0.2, 0.25) is 0 Å². The number of nitrogens with zero attached hydrogens (tertiary/aromatic N) is 4. The van der Waals surface area contributed by atoms with Gasteiger partial charge < -0.3 is 19.9 Å². The van der Waals surface area contributed by atoms with Crippen molar-refractivity contribution in [1.82, 2.24) is 25.1 Å². The first-order valence-corrected chi connectivity index (χ1v) is 11.8. The highest BCUT2D eigenvalue weighted by atomic mass is 16.5. The molecule has 0 spiro atoms. The maximum Gasteiger partial charge on any atom is 0.254 e. The fourth-order valence-electron chi connectivity index (χ4n) is 4.73. The van der Waals surface area contributed by atoms with Crippen molar-refractivity contribution in [1.29, 1.82) is 0 Å². The second kappa shape index (κ2) is 10.9. The zero-order valence-corrected chi connectivity index (χ0v) is 19.3. The number of benzene rings is 1. The maximum absolute atomic E-state index is 12.7. The monoisotopic (exact) mass is 437 g/mol. The summed E-state index contributed by atoms with van der Waals surface area (Å²) < 4.78 is 5.36. The van der Waals surface area contributed by atoms with Crippen LogP contribution in [0.3, 0.4) is 0 Å². The van der Waals surface area contributed by atoms with Crippen LogP contribution >= 0.6 is 0 Å². The molecule has 172 valence electrons. The Morgan fingerprint density at radius 2 is 1.78 bits per heavy atom. The number of likely N-dealkylation sites (tertiary alicyclic amines) is 2. The number of aryl methyl sites for hydroxylation is 1. The number of methoxy groups -OCH3 is 1. The van der Waals surface area contributed by atoms with Gasteiger partial charge in [-0.05, 0) is 64.9 Å². The number of amides is 1. The number of rotatable bonds is 8. The van der Waals surface area contributed by atoms with Gasteiger partial charge in [0.05, 0.1) is 18.4 Å². The van der Waals surface area contributed by atoms with Crippen LogP contribution in [0, 0.1) is 6.92 Å². The summed E-state index contributed by atoms with van der Waals surface area (Å²) in [6.07, 6.45) is 6.56. The van der Waals surface area contributed by atoms with Crippen molar-refractivity contribution in [3.63, 3.8) is 0 Å². The predicted octanol–water partition coefficient (Wildman–Crippen LogP) is 3.00. The van der Waals surface area contributed by atoms with Crippen molar-refractivity contribution in [3.05, 3.63) is 53.1 Å². The molecule has 1 aromatic heterocycles. The van der Waals surface area contributed by atoms with Crippen LogP contribution in [-0.4, -0.2) is 72.1 Å². The highest BCUT2D eigenvalue weighted by Gasteiger charge is 2.24. The van der Waals surface area contributed by atoms with Crippen LogP contribution in [0.5, 0.6) is 5.75 Å². The Labute approximate surface area is 191 Å². The molecule has 2 aromatic rings. The lowest BCUT2D eigenvalue weighted by Crippen LogP contribution is -2.38. The Morgan fingerprint density at radius 3 is 2.47 bits per heavy atom. The molecule has 4 rings (SSSR count). The first-order valence-electron chi connectivity index (χ1n) is 11.8. The van der Waals surface area contributed by atoms with Gasteiger partial charge in [0.15, 0.2) is 0 Å². The summed E-state index contributed by atoms with van der Waals surface area (Å²) >= 11 is 0. The van der Waals surface area contributed by atoms with Crippen LogP contribution in [0.4, 0.5) is 0 Å². The average molecular weight is 438 g/mol. The summed E-state index contributed by atoms with van der Waals surface area (Å²) in [4.78, 5) is 27.2. The van der Waals surface area contributed by atoms with E-state index in [1.807, 2.05) is 31.2 Å². The summed E-state index contributed by atoms with van der Waals surface area (Å²) in [7, 11) is 1.63. The van der Waals surface area contributed by atoms with Gasteiger partial charge >= 0.3 is 0 Å². The molecule has 1 N–H and O–H groups in total. The zero-order valence-electron chi connectivity index (χ0n) is 19.3. The maximum atomic E-state index is 12.7. The van der Waals surface area contributed by atoms with Crippen LogP contribution in [0.25, 0.3) is 0 Å². The van der Waals surface area contributed by atoms with E-state index in [0.29, 0.717) is 18.0 Å². The molecule has 32 heavy (non-hydrogen) atoms. The SMILES string of the molecule is COc1ccccc1CNC(=O)c1cnc(C2CCN(CCN3CCCC3)CC2)nc1C. The van der Waals surface area contributed by atoms with Crippen LogP contribution in [0.1, 0.15) is 59.0 Å². The number of carbonyl (C=O) groups is 1. The van der Waals surface area contributed by atoms with Crippen molar-refractivity contribution >= 4 is 5.91 Å². The Balaban J connectivity index is 1.28. The highest BCUT2D eigenvalue weighted by Crippen LogP contribution is 2.26. The molecule has 0 aliphatic carbocycles. The minimum absolute atomic E-state index is 0.156. The van der Waals surface area contributed by atoms with Gasteiger partial charge in [-0.3, -0.25) is 4.79 Å². The molecule has 0 atom stereocenters. The summed E-state index contributed by atoms with van der Waals surface area (Å²) in [5.41, 5.74) is 2.21.